The summed E-state index contributed by atoms with van der Waals surface area (Å²) in [5, 5.41) is 15.0. The number of nitrogens with two attached hydrogens (primary N) is 1. The lowest BCUT2D eigenvalue weighted by Crippen LogP contribution is -2.31. The number of carbonyl (C=O) groups is 1. The molecule has 1 saturated heterocycles. The number of halogens is 2. The third-order valence-corrected chi connectivity index (χ3v) is 5.22. The summed E-state index contributed by atoms with van der Waals surface area (Å²) in [4.78, 5) is 22.5. The van der Waals surface area contributed by atoms with Crippen molar-refractivity contribution in [1.29, 1.82) is 0 Å². The van der Waals surface area contributed by atoms with Gasteiger partial charge in [-0.25, -0.2) is 23.0 Å². The third-order valence-electron chi connectivity index (χ3n) is 5.22. The second-order valence-corrected chi connectivity index (χ2v) is 7.29. The SMILES string of the molecule is CN1CC[C@@H](Nc2nc(N)c3c(-c4ccc5nnn(CC(F)F)c5n4)ccn3n2)C1=O. The van der Waals surface area contributed by atoms with Crippen LogP contribution in [-0.2, 0) is 11.3 Å². The van der Waals surface area contributed by atoms with E-state index in [1.807, 2.05) is 0 Å². The number of rotatable bonds is 5. The van der Waals surface area contributed by atoms with Crippen LogP contribution < -0.4 is 11.1 Å². The van der Waals surface area contributed by atoms with E-state index >= 15 is 0 Å². The number of nitrogens with zero attached hydrogens (tertiary/aromatic N) is 8. The van der Waals surface area contributed by atoms with Crippen molar-refractivity contribution in [2.45, 2.75) is 25.4 Å². The molecule has 0 aliphatic carbocycles. The van der Waals surface area contributed by atoms with Gasteiger partial charge in [0.2, 0.25) is 11.9 Å². The summed E-state index contributed by atoms with van der Waals surface area (Å²) in [5.74, 6) is 0.405. The summed E-state index contributed by atoms with van der Waals surface area (Å²) in [6.45, 7) is 0.0614. The number of hydrogen-bond donors (Lipinski definition) is 2. The quantitative estimate of drug-likeness (QED) is 0.482. The monoisotopic (exact) mass is 428 g/mol. The highest BCUT2D eigenvalue weighted by Gasteiger charge is 2.29. The van der Waals surface area contributed by atoms with Crippen molar-refractivity contribution >= 4 is 34.4 Å². The van der Waals surface area contributed by atoms with Gasteiger partial charge in [-0.2, -0.15) is 4.98 Å². The Morgan fingerprint density at radius 1 is 1.29 bits per heavy atom. The van der Waals surface area contributed by atoms with Gasteiger partial charge in [0.25, 0.3) is 6.43 Å². The molecule has 11 nitrogen and oxygen atoms in total. The van der Waals surface area contributed by atoms with Crippen LogP contribution in [0.15, 0.2) is 24.4 Å². The van der Waals surface area contributed by atoms with Crippen molar-refractivity contribution in [3.8, 4) is 11.3 Å². The molecular formula is C18H18F2N10O. The van der Waals surface area contributed by atoms with Gasteiger partial charge < -0.3 is 16.0 Å². The number of likely N-dealkylation sites (N-methyl/N-ethyl adjacent to an activating group) is 1. The fourth-order valence-corrected chi connectivity index (χ4v) is 3.69. The largest absolute Gasteiger partial charge is 0.382 e. The maximum absolute atomic E-state index is 12.8. The van der Waals surface area contributed by atoms with Crippen LogP contribution in [0.25, 0.3) is 27.9 Å². The Hall–Kier alpha value is -3.90. The fraction of sp³-hybridized carbons (Fsp3) is 0.333. The van der Waals surface area contributed by atoms with Gasteiger partial charge in [0, 0.05) is 25.4 Å². The first-order valence-corrected chi connectivity index (χ1v) is 9.56. The Morgan fingerprint density at radius 3 is 2.87 bits per heavy atom. The average molecular weight is 428 g/mol. The van der Waals surface area contributed by atoms with Crippen LogP contribution in [0.3, 0.4) is 0 Å². The number of amides is 1. The molecule has 0 bridgehead atoms. The highest BCUT2D eigenvalue weighted by atomic mass is 19.3. The molecule has 5 rings (SSSR count). The van der Waals surface area contributed by atoms with E-state index in [-0.39, 0.29) is 23.3 Å². The lowest BCUT2D eigenvalue weighted by molar-refractivity contribution is -0.127. The Bertz CT molecular complexity index is 1300. The Balaban J connectivity index is 1.52. The summed E-state index contributed by atoms with van der Waals surface area (Å²) < 4.78 is 28.2. The highest BCUT2D eigenvalue weighted by Crippen LogP contribution is 2.29. The van der Waals surface area contributed by atoms with E-state index < -0.39 is 19.0 Å². The third kappa shape index (κ3) is 3.27. The van der Waals surface area contributed by atoms with E-state index in [2.05, 4.69) is 30.7 Å². The van der Waals surface area contributed by atoms with Crippen LogP contribution in [0.1, 0.15) is 6.42 Å². The maximum atomic E-state index is 12.8. The van der Waals surface area contributed by atoms with Gasteiger partial charge in [-0.1, -0.05) is 5.21 Å². The number of nitrogen functional groups attached to an aromatic ring is 1. The highest BCUT2D eigenvalue weighted by molar-refractivity contribution is 5.89. The van der Waals surface area contributed by atoms with Gasteiger partial charge >= 0.3 is 0 Å². The molecule has 0 aromatic carbocycles. The maximum Gasteiger partial charge on any atom is 0.258 e. The molecule has 5 heterocycles. The average Bonchev–Trinajstić information content (AvgIpc) is 3.42. The summed E-state index contributed by atoms with van der Waals surface area (Å²) >= 11 is 0. The summed E-state index contributed by atoms with van der Waals surface area (Å²) in [5.41, 5.74) is 8.50. The number of anilines is 2. The van der Waals surface area contributed by atoms with Gasteiger partial charge in [0.1, 0.15) is 23.6 Å². The predicted octanol–water partition coefficient (Wildman–Crippen LogP) is 1.03. The van der Waals surface area contributed by atoms with Crippen molar-refractivity contribution in [2.75, 3.05) is 24.6 Å². The molecule has 160 valence electrons. The van der Waals surface area contributed by atoms with Crippen LogP contribution in [0.5, 0.6) is 0 Å². The Morgan fingerprint density at radius 2 is 2.13 bits per heavy atom. The second kappa shape index (κ2) is 7.11. The molecule has 1 aliphatic rings. The molecule has 4 aromatic heterocycles. The topological polar surface area (TPSA) is 132 Å². The summed E-state index contributed by atoms with van der Waals surface area (Å²) in [6.07, 6.45) is -0.235. The zero-order chi connectivity index (χ0) is 21.7. The first-order valence-electron chi connectivity index (χ1n) is 9.56. The molecular weight excluding hydrogens is 410 g/mol. The van der Waals surface area contributed by atoms with Crippen molar-refractivity contribution in [2.24, 2.45) is 0 Å². The van der Waals surface area contributed by atoms with Gasteiger partial charge in [-0.05, 0) is 24.6 Å². The predicted molar refractivity (Wildman–Crippen MR) is 107 cm³/mol. The van der Waals surface area contributed by atoms with Crippen LogP contribution in [0, 0.1) is 0 Å². The zero-order valence-electron chi connectivity index (χ0n) is 16.4. The van der Waals surface area contributed by atoms with Crippen molar-refractivity contribution in [1.82, 2.24) is 39.5 Å². The minimum absolute atomic E-state index is 0.0259. The van der Waals surface area contributed by atoms with Crippen molar-refractivity contribution in [3.05, 3.63) is 24.4 Å². The van der Waals surface area contributed by atoms with Gasteiger partial charge in [0.05, 0.1) is 5.69 Å². The number of alkyl halides is 2. The number of nitrogens with one attached hydrogen (secondary N) is 1. The molecule has 0 unspecified atom stereocenters. The molecule has 13 heteroatoms. The lowest BCUT2D eigenvalue weighted by Gasteiger charge is -2.13. The van der Waals surface area contributed by atoms with Gasteiger partial charge in [0.15, 0.2) is 11.5 Å². The fourth-order valence-electron chi connectivity index (χ4n) is 3.69. The number of likely N-dealkylation sites (tertiary alicyclic amines) is 1. The van der Waals surface area contributed by atoms with E-state index in [0.29, 0.717) is 35.3 Å². The van der Waals surface area contributed by atoms with E-state index in [1.54, 1.807) is 40.9 Å². The molecule has 0 radical (unpaired) electrons. The molecule has 4 aromatic rings. The molecule has 1 fully saturated rings. The molecule has 1 aliphatic heterocycles. The molecule has 3 N–H and O–H groups in total. The lowest BCUT2D eigenvalue weighted by atomic mass is 10.2. The first kappa shape index (κ1) is 19.1. The standard InChI is InChI=1S/C18H18F2N10O/c1-28-6-5-12(17(28)31)23-18-24-15(21)14-9(4-7-29(14)26-18)10-2-3-11-16(22-10)30(27-25-11)8-13(19)20/h2-4,7,12-13H,5-6,8H2,1H3,(H3,21,23,24,26)/t12-/m1/s1. The van der Waals surface area contributed by atoms with Crippen molar-refractivity contribution < 1.29 is 13.6 Å². The van der Waals surface area contributed by atoms with E-state index in [4.69, 9.17) is 5.73 Å². The molecule has 0 spiro atoms. The van der Waals surface area contributed by atoms with Gasteiger partial charge in [-0.15, -0.1) is 10.2 Å². The minimum Gasteiger partial charge on any atom is -0.382 e. The number of fused-ring (bicyclic) bond motifs is 2. The number of carbonyl (C=O) groups excluding carboxylic acids is 1. The number of aromatic nitrogens is 7. The van der Waals surface area contributed by atoms with Crippen LogP contribution in [0.2, 0.25) is 0 Å². The Labute approximate surface area is 173 Å². The van der Waals surface area contributed by atoms with Crippen LogP contribution in [0.4, 0.5) is 20.5 Å². The summed E-state index contributed by atoms with van der Waals surface area (Å²) in [6, 6.07) is 4.72. The van der Waals surface area contributed by atoms with Crippen LogP contribution in [-0.4, -0.2) is 71.4 Å². The van der Waals surface area contributed by atoms with Crippen molar-refractivity contribution in [3.63, 3.8) is 0 Å². The number of hydrogen-bond acceptors (Lipinski definition) is 8. The zero-order valence-corrected chi connectivity index (χ0v) is 16.4. The Kier molecular flexibility index (Phi) is 4.38. The second-order valence-electron chi connectivity index (χ2n) is 7.29. The number of pyridine rings is 1. The first-order chi connectivity index (χ1) is 14.9. The van der Waals surface area contributed by atoms with E-state index in [9.17, 15) is 13.6 Å². The normalized spacial score (nSPS) is 16.8. The van der Waals surface area contributed by atoms with Crippen LogP contribution >= 0.6 is 0 Å². The minimum atomic E-state index is -2.58. The molecule has 1 atom stereocenters. The molecule has 1 amide bonds. The summed E-state index contributed by atoms with van der Waals surface area (Å²) in [7, 11) is 1.74. The van der Waals surface area contributed by atoms with E-state index in [1.165, 1.54) is 0 Å². The molecule has 31 heavy (non-hydrogen) atoms. The molecule has 0 saturated carbocycles. The van der Waals surface area contributed by atoms with E-state index in [0.717, 1.165) is 4.68 Å². The van der Waals surface area contributed by atoms with Gasteiger partial charge in [-0.3, -0.25) is 4.79 Å². The smallest absolute Gasteiger partial charge is 0.258 e.